The second-order valence-electron chi connectivity index (χ2n) is 5.97. The summed E-state index contributed by atoms with van der Waals surface area (Å²) in [5.41, 5.74) is 2.18. The van der Waals surface area contributed by atoms with E-state index in [-0.39, 0.29) is 12.0 Å². The maximum atomic E-state index is 9.67. The summed E-state index contributed by atoms with van der Waals surface area (Å²) in [6, 6.07) is 6.22. The van der Waals surface area contributed by atoms with E-state index in [1.807, 2.05) is 6.07 Å². The lowest BCUT2D eigenvalue weighted by Crippen LogP contribution is -2.33. The predicted octanol–water partition coefficient (Wildman–Crippen LogP) is 2.96. The predicted molar refractivity (Wildman–Crippen MR) is 79.2 cm³/mol. The van der Waals surface area contributed by atoms with Crippen LogP contribution >= 0.6 is 0 Å². The monoisotopic (exact) mass is 263 g/mol. The number of nitrogens with zero attached hydrogens (tertiary/aromatic N) is 1. The molecule has 0 aromatic heterocycles. The highest BCUT2D eigenvalue weighted by Crippen LogP contribution is 2.36. The first kappa shape index (κ1) is 14.2. The molecule has 1 saturated heterocycles. The van der Waals surface area contributed by atoms with E-state index >= 15 is 0 Å². The molecule has 0 amide bonds. The summed E-state index contributed by atoms with van der Waals surface area (Å²) in [5.74, 6) is 0.859. The van der Waals surface area contributed by atoms with E-state index in [0.717, 1.165) is 18.8 Å². The lowest BCUT2D eigenvalue weighted by atomic mass is 9.83. The third-order valence-electron chi connectivity index (χ3n) is 4.02. The molecule has 1 aliphatic rings. The summed E-state index contributed by atoms with van der Waals surface area (Å²) in [4.78, 5) is 2.44. The van der Waals surface area contributed by atoms with Crippen LogP contribution in [0, 0.1) is 0 Å². The molecule has 106 valence electrons. The van der Waals surface area contributed by atoms with Crippen molar-refractivity contribution in [2.75, 3.05) is 31.7 Å². The number of benzene rings is 1. The van der Waals surface area contributed by atoms with E-state index in [0.29, 0.717) is 0 Å². The van der Waals surface area contributed by atoms with Crippen molar-refractivity contribution in [2.24, 2.45) is 0 Å². The summed E-state index contributed by atoms with van der Waals surface area (Å²) in [7, 11) is 1.69. The quantitative estimate of drug-likeness (QED) is 0.906. The SMILES string of the molecule is COc1ccc(N2CCCCC2)c(C(C)(C)CO)c1. The molecule has 1 N–H and O–H groups in total. The minimum Gasteiger partial charge on any atom is -0.497 e. The van der Waals surface area contributed by atoms with Gasteiger partial charge in [0.25, 0.3) is 0 Å². The highest BCUT2D eigenvalue weighted by atomic mass is 16.5. The molecule has 1 aliphatic heterocycles. The van der Waals surface area contributed by atoms with Crippen LogP contribution in [0.5, 0.6) is 5.75 Å². The van der Waals surface area contributed by atoms with Gasteiger partial charge in [-0.15, -0.1) is 0 Å². The number of aliphatic hydroxyl groups is 1. The van der Waals surface area contributed by atoms with Gasteiger partial charge in [-0.3, -0.25) is 0 Å². The molecule has 1 fully saturated rings. The fraction of sp³-hybridized carbons (Fsp3) is 0.625. The molecule has 0 aliphatic carbocycles. The largest absolute Gasteiger partial charge is 0.497 e. The fourth-order valence-electron chi connectivity index (χ4n) is 2.68. The first-order valence-corrected chi connectivity index (χ1v) is 7.13. The smallest absolute Gasteiger partial charge is 0.119 e. The van der Waals surface area contributed by atoms with Crippen molar-refractivity contribution in [3.63, 3.8) is 0 Å². The van der Waals surface area contributed by atoms with Crippen LogP contribution in [0.15, 0.2) is 18.2 Å². The Morgan fingerprint density at radius 1 is 1.21 bits per heavy atom. The molecular weight excluding hydrogens is 238 g/mol. The van der Waals surface area contributed by atoms with Gasteiger partial charge in [-0.2, -0.15) is 0 Å². The Balaban J connectivity index is 2.41. The Morgan fingerprint density at radius 3 is 2.47 bits per heavy atom. The molecule has 1 aromatic rings. The van der Waals surface area contributed by atoms with Gasteiger partial charge in [0.1, 0.15) is 5.75 Å². The average molecular weight is 263 g/mol. The Bertz CT molecular complexity index is 423. The Kier molecular flexibility index (Phi) is 4.35. The first-order chi connectivity index (χ1) is 9.08. The van der Waals surface area contributed by atoms with Crippen molar-refractivity contribution in [1.82, 2.24) is 0 Å². The maximum Gasteiger partial charge on any atom is 0.119 e. The van der Waals surface area contributed by atoms with Gasteiger partial charge >= 0.3 is 0 Å². The highest BCUT2D eigenvalue weighted by molar-refractivity contribution is 5.59. The van der Waals surface area contributed by atoms with E-state index in [9.17, 15) is 5.11 Å². The van der Waals surface area contributed by atoms with Crippen molar-refractivity contribution in [1.29, 1.82) is 0 Å². The molecule has 1 aromatic carbocycles. The van der Waals surface area contributed by atoms with Gasteiger partial charge in [0.2, 0.25) is 0 Å². The van der Waals surface area contributed by atoms with Crippen LogP contribution in [0.1, 0.15) is 38.7 Å². The van der Waals surface area contributed by atoms with E-state index in [1.165, 1.54) is 30.5 Å². The maximum absolute atomic E-state index is 9.67. The minimum absolute atomic E-state index is 0.140. The van der Waals surface area contributed by atoms with Crippen LogP contribution in [0.3, 0.4) is 0 Å². The van der Waals surface area contributed by atoms with Crippen LogP contribution in [0.25, 0.3) is 0 Å². The van der Waals surface area contributed by atoms with E-state index in [4.69, 9.17) is 4.74 Å². The number of hydrogen-bond acceptors (Lipinski definition) is 3. The molecule has 0 saturated carbocycles. The molecule has 3 heteroatoms. The summed E-state index contributed by atoms with van der Waals surface area (Å²) in [5, 5.41) is 9.67. The Morgan fingerprint density at radius 2 is 1.89 bits per heavy atom. The lowest BCUT2D eigenvalue weighted by molar-refractivity contribution is 0.218. The van der Waals surface area contributed by atoms with Gasteiger partial charge in [-0.1, -0.05) is 13.8 Å². The van der Waals surface area contributed by atoms with Crippen LogP contribution in [0.2, 0.25) is 0 Å². The van der Waals surface area contributed by atoms with Crippen LogP contribution in [-0.4, -0.2) is 31.9 Å². The number of methoxy groups -OCH3 is 1. The van der Waals surface area contributed by atoms with E-state index in [2.05, 4.69) is 30.9 Å². The lowest BCUT2D eigenvalue weighted by Gasteiger charge is -2.35. The zero-order valence-electron chi connectivity index (χ0n) is 12.3. The molecule has 0 unspecified atom stereocenters. The van der Waals surface area contributed by atoms with Gasteiger partial charge in [0, 0.05) is 24.2 Å². The van der Waals surface area contributed by atoms with Gasteiger partial charge in [-0.05, 0) is 43.0 Å². The molecule has 0 bridgehead atoms. The number of ether oxygens (including phenoxy) is 1. The van der Waals surface area contributed by atoms with Crippen LogP contribution in [-0.2, 0) is 5.41 Å². The number of aliphatic hydroxyl groups excluding tert-OH is 1. The van der Waals surface area contributed by atoms with Crippen molar-refractivity contribution in [2.45, 2.75) is 38.5 Å². The molecule has 0 radical (unpaired) electrons. The van der Waals surface area contributed by atoms with Crippen molar-refractivity contribution in [3.05, 3.63) is 23.8 Å². The highest BCUT2D eigenvalue weighted by Gasteiger charge is 2.26. The Labute approximate surface area is 116 Å². The van der Waals surface area contributed by atoms with Gasteiger partial charge in [-0.25, -0.2) is 0 Å². The van der Waals surface area contributed by atoms with E-state index in [1.54, 1.807) is 7.11 Å². The number of hydrogen-bond donors (Lipinski definition) is 1. The third-order valence-corrected chi connectivity index (χ3v) is 4.02. The van der Waals surface area contributed by atoms with Gasteiger partial charge in [0.05, 0.1) is 13.7 Å². The topological polar surface area (TPSA) is 32.7 Å². The second-order valence-corrected chi connectivity index (χ2v) is 5.97. The molecule has 3 nitrogen and oxygen atoms in total. The standard InChI is InChI=1S/C16H25NO2/c1-16(2,12-18)14-11-13(19-3)7-8-15(14)17-9-5-4-6-10-17/h7-8,11,18H,4-6,9-10,12H2,1-3H3. The minimum atomic E-state index is -0.249. The van der Waals surface area contributed by atoms with E-state index < -0.39 is 0 Å². The summed E-state index contributed by atoms with van der Waals surface area (Å²) < 4.78 is 5.34. The molecular formula is C16H25NO2. The zero-order valence-corrected chi connectivity index (χ0v) is 12.3. The van der Waals surface area contributed by atoms with Crippen molar-refractivity contribution < 1.29 is 9.84 Å². The zero-order chi connectivity index (χ0) is 13.9. The number of anilines is 1. The first-order valence-electron chi connectivity index (χ1n) is 7.13. The molecule has 19 heavy (non-hydrogen) atoms. The Hall–Kier alpha value is -1.22. The van der Waals surface area contributed by atoms with Crippen LogP contribution in [0.4, 0.5) is 5.69 Å². The summed E-state index contributed by atoms with van der Waals surface area (Å²) >= 11 is 0. The summed E-state index contributed by atoms with van der Waals surface area (Å²) in [6.45, 7) is 6.52. The van der Waals surface area contributed by atoms with Crippen LogP contribution < -0.4 is 9.64 Å². The second kappa shape index (κ2) is 5.83. The molecule has 2 rings (SSSR count). The fourth-order valence-corrected chi connectivity index (χ4v) is 2.68. The number of rotatable bonds is 4. The molecule has 1 heterocycles. The van der Waals surface area contributed by atoms with Gasteiger partial charge < -0.3 is 14.7 Å². The average Bonchev–Trinajstić information content (AvgIpc) is 2.47. The van der Waals surface area contributed by atoms with Gasteiger partial charge in [0.15, 0.2) is 0 Å². The molecule has 0 atom stereocenters. The summed E-state index contributed by atoms with van der Waals surface area (Å²) in [6.07, 6.45) is 3.83. The number of piperidine rings is 1. The normalized spacial score (nSPS) is 16.5. The third kappa shape index (κ3) is 3.03. The van der Waals surface area contributed by atoms with Crippen molar-refractivity contribution in [3.8, 4) is 5.75 Å². The van der Waals surface area contributed by atoms with Crippen molar-refractivity contribution >= 4 is 5.69 Å². The molecule has 0 spiro atoms.